The molecule has 0 radical (unpaired) electrons. The normalized spacial score (nSPS) is 21.6. The first-order valence-corrected chi connectivity index (χ1v) is 41.3. The summed E-state index contributed by atoms with van der Waals surface area (Å²) in [6.45, 7) is 17.6. The molecule has 0 aliphatic carbocycles. The van der Waals surface area contributed by atoms with E-state index in [9.17, 15) is 19.2 Å². The van der Waals surface area contributed by atoms with Gasteiger partial charge in [0.05, 0.1) is 22.8 Å². The molecule has 88 heavy (non-hydrogen) atoms. The number of hydrogen-bond acceptors (Lipinski definition) is 17. The van der Waals surface area contributed by atoms with Crippen LogP contribution in [0.15, 0.2) is 42.6 Å². The Hall–Kier alpha value is -5.39. The van der Waals surface area contributed by atoms with E-state index in [0.29, 0.717) is 76.2 Å². The molecule has 3 aromatic carbocycles. The van der Waals surface area contributed by atoms with E-state index in [1.54, 1.807) is 29.3 Å². The van der Waals surface area contributed by atoms with Gasteiger partial charge in [-0.15, -0.1) is 0 Å². The predicted molar refractivity (Wildman–Crippen MR) is 337 cm³/mol. The minimum absolute atomic E-state index is 0.00136. The van der Waals surface area contributed by atoms with Crippen LogP contribution in [-0.4, -0.2) is 216 Å². The molecule has 19 nitrogen and oxygen atoms in total. The van der Waals surface area contributed by atoms with Crippen LogP contribution in [0.4, 0.5) is 25.1 Å². The summed E-state index contributed by atoms with van der Waals surface area (Å²) in [6, 6.07) is 9.18. The molecule has 3 atom stereocenters. The monoisotopic (exact) mass is 1450 g/mol. The topological polar surface area (TPSA) is 179 Å². The van der Waals surface area contributed by atoms with Crippen LogP contribution < -0.4 is 24.6 Å². The Morgan fingerprint density at radius 1 is 0.852 bits per heavy atom. The van der Waals surface area contributed by atoms with E-state index in [2.05, 4.69) is 39.2 Å². The van der Waals surface area contributed by atoms with Gasteiger partial charge >= 0.3 is 229 Å². The maximum atomic E-state index is 17.8. The Morgan fingerprint density at radius 3 is 2.23 bits per heavy atom. The number of benzene rings is 3. The predicted octanol–water partition coefficient (Wildman–Crippen LogP) is 8.07. The van der Waals surface area contributed by atoms with Gasteiger partial charge in [-0.1, -0.05) is 11.6 Å². The van der Waals surface area contributed by atoms with Crippen molar-refractivity contribution in [2.24, 2.45) is 11.8 Å². The number of methoxy groups -OCH3 is 1. The zero-order valence-corrected chi connectivity index (χ0v) is 57.2. The van der Waals surface area contributed by atoms with Crippen molar-refractivity contribution in [3.8, 4) is 32.4 Å². The van der Waals surface area contributed by atoms with E-state index in [4.69, 9.17) is 57.3 Å². The number of fused-ring (bicyclic) bond motifs is 5. The molecule has 462 valence electrons. The van der Waals surface area contributed by atoms with E-state index >= 15 is 8.78 Å². The summed E-state index contributed by atoms with van der Waals surface area (Å²) >= 11 is 10.6. The summed E-state index contributed by atoms with van der Waals surface area (Å²) in [5, 5.41) is 4.31. The van der Waals surface area contributed by atoms with Crippen LogP contribution in [0.5, 0.6) is 11.8 Å². The molecule has 1 N–H and O–H groups in total. The van der Waals surface area contributed by atoms with Crippen LogP contribution in [-0.2, 0) is 37.4 Å². The Morgan fingerprint density at radius 2 is 1.56 bits per heavy atom. The van der Waals surface area contributed by atoms with Crippen LogP contribution >= 0.6 is 15.6 Å². The third-order valence-corrected chi connectivity index (χ3v) is 25.1. The van der Waals surface area contributed by atoms with Gasteiger partial charge in [-0.3, -0.25) is 29.5 Å². The van der Waals surface area contributed by atoms with E-state index in [0.717, 1.165) is 119 Å². The number of hydrogen-bond donors (Lipinski definition) is 1. The number of ether oxygens (including phenoxy) is 4. The van der Waals surface area contributed by atoms with Crippen molar-refractivity contribution >= 4 is 108 Å². The van der Waals surface area contributed by atoms with Gasteiger partial charge in [0.1, 0.15) is 11.6 Å². The van der Waals surface area contributed by atoms with Gasteiger partial charge < -0.3 is 24.3 Å². The molecule has 0 saturated carbocycles. The summed E-state index contributed by atoms with van der Waals surface area (Å²) in [7, 11) is 1.51. The van der Waals surface area contributed by atoms with Gasteiger partial charge in [0, 0.05) is 83.0 Å². The van der Waals surface area contributed by atoms with Crippen molar-refractivity contribution in [2.45, 2.75) is 102 Å². The van der Waals surface area contributed by atoms with Crippen LogP contribution in [0.3, 0.4) is 0 Å². The molecule has 7 aliphatic rings. The molecule has 9 heterocycles. The van der Waals surface area contributed by atoms with E-state index in [-0.39, 0.29) is 84.7 Å². The Bertz CT molecular complexity index is 3650. The fourth-order valence-corrected chi connectivity index (χ4v) is 17.8. The van der Waals surface area contributed by atoms with Crippen molar-refractivity contribution in [3.63, 3.8) is 0 Å². The number of likely N-dealkylation sites (tertiary alicyclic amines) is 1. The van der Waals surface area contributed by atoms with Gasteiger partial charge in [0.2, 0.25) is 11.8 Å². The van der Waals surface area contributed by atoms with Crippen LogP contribution in [0.25, 0.3) is 32.9 Å². The van der Waals surface area contributed by atoms with Crippen molar-refractivity contribution in [2.75, 3.05) is 115 Å². The van der Waals surface area contributed by atoms with Crippen LogP contribution in [0.2, 0.25) is 5.02 Å². The minimum atomic E-state index is -1.63. The fourth-order valence-electron chi connectivity index (χ4n) is 14.0. The fraction of sp³-hybridized carbons (Fsp3) is 0.540. The second kappa shape index (κ2) is 27.2. The average molecular weight is 1450 g/mol. The number of imide groups is 1. The molecule has 2 bridgehead atoms. The number of amides is 4. The number of aromatic nitrogens is 3. The Balaban J connectivity index is 0.668. The molecule has 25 heteroatoms. The zero-order valence-electron chi connectivity index (χ0n) is 50.2. The molecule has 6 fully saturated rings. The molecule has 4 amide bonds. The molecule has 3 unspecified atom stereocenters. The third kappa shape index (κ3) is 13.6. The first-order chi connectivity index (χ1) is 42.5. The van der Waals surface area contributed by atoms with E-state index in [1.807, 2.05) is 37.8 Å². The average Bonchev–Trinajstić information content (AvgIpc) is 1.78. The van der Waals surface area contributed by atoms with Crippen molar-refractivity contribution in [3.05, 3.63) is 75.9 Å². The number of anilines is 2. The summed E-state index contributed by atoms with van der Waals surface area (Å²) in [5.41, 5.74) is 1.93. The number of nitrogens with one attached hydrogen (secondary N) is 1. The molecular weight excluding hydrogens is 1380 g/mol. The van der Waals surface area contributed by atoms with Crippen molar-refractivity contribution in [1.29, 1.82) is 0 Å². The van der Waals surface area contributed by atoms with Gasteiger partial charge in [-0.05, 0) is 103 Å². The second-order valence-electron chi connectivity index (χ2n) is 25.2. The second-order valence-corrected chi connectivity index (χ2v) is 38.2. The van der Waals surface area contributed by atoms with Gasteiger partial charge in [-0.25, -0.2) is 4.79 Å². The number of pyridine rings is 1. The molecular formula is C63H73ClF2N11O8PSTl+. The van der Waals surface area contributed by atoms with Gasteiger partial charge in [0.25, 0.3) is 5.91 Å². The number of piperazine rings is 2. The first kappa shape index (κ1) is 62.8. The quantitative estimate of drug-likeness (QED) is 0.0349. The van der Waals surface area contributed by atoms with Crippen molar-refractivity contribution in [1.82, 2.24) is 44.8 Å². The van der Waals surface area contributed by atoms with Crippen molar-refractivity contribution < 1.29 is 46.9 Å². The molecule has 0 spiro atoms. The van der Waals surface area contributed by atoms with E-state index in [1.165, 1.54) is 13.2 Å². The van der Waals surface area contributed by atoms with Crippen LogP contribution in [0.1, 0.15) is 93.6 Å². The maximum absolute atomic E-state index is 17.8. The number of rotatable bonds is 15. The third-order valence-electron chi connectivity index (χ3n) is 18.4. The number of carbonyl (C=O) groups excluding carboxylic acids is 4. The Kier molecular flexibility index (Phi) is 19.4. The number of nitrogens with zero attached hydrogens (tertiary/aromatic N) is 10. The molecule has 12 rings (SSSR count). The van der Waals surface area contributed by atoms with E-state index < -0.39 is 52.3 Å². The molecule has 2 aromatic heterocycles. The van der Waals surface area contributed by atoms with Gasteiger partial charge in [-0.2, -0.15) is 0 Å². The number of halogens is 3. The summed E-state index contributed by atoms with van der Waals surface area (Å²) in [4.78, 5) is 81.3. The summed E-state index contributed by atoms with van der Waals surface area (Å²) in [6.07, 6.45) is 7.59. The molecule has 5 aromatic rings. The number of carbonyl (C=O) groups is 4. The molecule has 7 aliphatic heterocycles. The first-order valence-electron chi connectivity index (χ1n) is 30.7. The summed E-state index contributed by atoms with van der Waals surface area (Å²) < 4.78 is 61.0. The summed E-state index contributed by atoms with van der Waals surface area (Å²) in [5.74, 6) is 2.85. The van der Waals surface area contributed by atoms with Gasteiger partial charge in [0.15, 0.2) is 0 Å². The van der Waals surface area contributed by atoms with Crippen LogP contribution in [0, 0.1) is 32.9 Å². The number of piperidine rings is 3. The zero-order chi connectivity index (χ0) is 61.4. The standard InChI is InChI=1S/C63H73ClF2N11O8.PS.Tl/c1-6-44-49(65)11-7-40-29-43(84-37-82-5)30-46(53(40)44)56-55(66)57-47(31-67-56)58(75-34-41-8-9-42(35-75)77(41)62(81)85-63(2,3)4)70-61(69-57)83-28-27-71-19-15-38(16-20-71)32-72-23-25-73(26-24-72)33-39-17-21-74(22-18-39)50-12-10-45-48(54(50)64)36-76(60(45)80)51-13-14-52(78)68-59(51)79;1-2;/h7,10-12,29-31,38-39,41-42,51H,8-9,13-28,32-37H2,2-5H3,(H,68,78,79);;/q;-1;+2. The Labute approximate surface area is 533 Å². The SMILES string of the molecule is COCOc1cc(-c2ncc3c(N4CC5CCC(C4)N5C(=O)OC(C)(C)C)nc(OCCN4CCC(CN5CCN(CC6CCN(c7ccc8c(c7Cl)CN(C7CCC(=O)NC7=O)C8=O)CC6)CC5)CC4)nc3c2F)c2c(C#[C][Tl]=[P+]=S)c(F)ccc2c1. The molecule has 6 saturated heterocycles.